The van der Waals surface area contributed by atoms with Crippen LogP contribution >= 0.6 is 0 Å². The molecule has 1 aromatic carbocycles. The highest BCUT2D eigenvalue weighted by molar-refractivity contribution is 7.93. The number of benzene rings is 1. The Balaban J connectivity index is 2.02. The number of hydrogen-bond donors (Lipinski definition) is 0. The van der Waals surface area contributed by atoms with Crippen molar-refractivity contribution < 1.29 is 8.42 Å². The first-order chi connectivity index (χ1) is 10.6. The molecule has 0 saturated carbocycles. The van der Waals surface area contributed by atoms with E-state index in [4.69, 9.17) is 0 Å². The third kappa shape index (κ3) is 9.99. The molecule has 0 aliphatic heterocycles. The van der Waals surface area contributed by atoms with E-state index < -0.39 is 9.84 Å². The molecule has 1 radical (unpaired) electrons. The van der Waals surface area contributed by atoms with Crippen molar-refractivity contribution in [3.8, 4) is 0 Å². The molecular formula is C19H31O2S. The Morgan fingerprint density at radius 1 is 0.773 bits per heavy atom. The van der Waals surface area contributed by atoms with Crippen molar-refractivity contribution >= 4 is 9.84 Å². The molecular weight excluding hydrogens is 292 g/mol. The van der Waals surface area contributed by atoms with Crippen molar-refractivity contribution in [2.45, 2.75) is 71.1 Å². The summed E-state index contributed by atoms with van der Waals surface area (Å²) in [6.07, 6.45) is 12.2. The molecule has 0 amide bonds. The molecule has 0 N–H and O–H groups in total. The third-order valence-corrected chi connectivity index (χ3v) is 5.39. The lowest BCUT2D eigenvalue weighted by Crippen LogP contribution is -2.07. The highest BCUT2D eigenvalue weighted by atomic mass is 32.2. The molecule has 3 heteroatoms. The van der Waals surface area contributed by atoms with Crippen LogP contribution in [0.5, 0.6) is 0 Å². The van der Waals surface area contributed by atoms with Crippen LogP contribution in [0.15, 0.2) is 30.3 Å². The Morgan fingerprint density at radius 3 is 1.82 bits per heavy atom. The number of rotatable bonds is 13. The second-order valence-electron chi connectivity index (χ2n) is 6.08. The Bertz CT molecular complexity index is 465. The normalized spacial score (nSPS) is 11.7. The molecule has 0 aromatic heterocycles. The van der Waals surface area contributed by atoms with Crippen LogP contribution in [0.3, 0.4) is 0 Å². The highest BCUT2D eigenvalue weighted by Gasteiger charge is 2.11. The Labute approximate surface area is 137 Å². The van der Waals surface area contributed by atoms with Gasteiger partial charge in [-0.2, -0.15) is 0 Å². The summed E-state index contributed by atoms with van der Waals surface area (Å²) in [4.78, 5) is 0. The standard InChI is InChI=1S/C19H31O2S/c1-2-3-4-5-6-7-8-9-10-14-17-22(20,21)18-19-15-12-11-13-16-19/h11-13,15-16,18H,2-10,14,17H2,1H3. The number of unbranched alkanes of at least 4 members (excludes halogenated alkanes) is 9. The first kappa shape index (κ1) is 19.2. The molecule has 0 fully saturated rings. The molecule has 1 rings (SSSR count). The largest absolute Gasteiger partial charge is 0.228 e. The summed E-state index contributed by atoms with van der Waals surface area (Å²) < 4.78 is 24.0. The van der Waals surface area contributed by atoms with Crippen molar-refractivity contribution in [1.82, 2.24) is 0 Å². The molecule has 125 valence electrons. The van der Waals surface area contributed by atoms with Gasteiger partial charge in [0.25, 0.3) is 0 Å². The van der Waals surface area contributed by atoms with Crippen LogP contribution in [0.1, 0.15) is 76.7 Å². The second-order valence-corrected chi connectivity index (χ2v) is 8.05. The van der Waals surface area contributed by atoms with Crippen molar-refractivity contribution in [2.75, 3.05) is 5.75 Å². The van der Waals surface area contributed by atoms with Gasteiger partial charge in [-0.15, -0.1) is 0 Å². The zero-order valence-corrected chi connectivity index (χ0v) is 14.8. The summed E-state index contributed by atoms with van der Waals surface area (Å²) >= 11 is 0. The molecule has 0 aliphatic carbocycles. The van der Waals surface area contributed by atoms with Crippen LogP contribution in [0.2, 0.25) is 0 Å². The van der Waals surface area contributed by atoms with Gasteiger partial charge in [0.1, 0.15) is 5.75 Å². The van der Waals surface area contributed by atoms with Crippen molar-refractivity contribution in [2.24, 2.45) is 0 Å². The monoisotopic (exact) mass is 323 g/mol. The number of hydrogen-bond acceptors (Lipinski definition) is 2. The fourth-order valence-electron chi connectivity index (χ4n) is 2.59. The first-order valence-corrected chi connectivity index (χ1v) is 10.5. The molecule has 22 heavy (non-hydrogen) atoms. The quantitative estimate of drug-likeness (QED) is 0.447. The second kappa shape index (κ2) is 11.7. The van der Waals surface area contributed by atoms with E-state index in [2.05, 4.69) is 6.92 Å². The summed E-state index contributed by atoms with van der Waals surface area (Å²) in [5.41, 5.74) is 0.773. The fourth-order valence-corrected chi connectivity index (χ4v) is 3.88. The Morgan fingerprint density at radius 2 is 1.27 bits per heavy atom. The van der Waals surface area contributed by atoms with Gasteiger partial charge in [-0.3, -0.25) is 0 Å². The smallest absolute Gasteiger partial charge is 0.158 e. The van der Waals surface area contributed by atoms with Gasteiger partial charge in [-0.1, -0.05) is 95.0 Å². The zero-order chi connectivity index (χ0) is 16.1. The van der Waals surface area contributed by atoms with Gasteiger partial charge < -0.3 is 0 Å². The predicted molar refractivity (Wildman–Crippen MR) is 95.5 cm³/mol. The molecule has 0 heterocycles. The van der Waals surface area contributed by atoms with E-state index in [1.54, 1.807) is 0 Å². The predicted octanol–water partition coefficient (Wildman–Crippen LogP) is 5.53. The number of sulfone groups is 1. The maximum absolute atomic E-state index is 12.0. The maximum Gasteiger partial charge on any atom is 0.158 e. The maximum atomic E-state index is 12.0. The van der Waals surface area contributed by atoms with Crippen LogP contribution in [-0.4, -0.2) is 14.2 Å². The molecule has 0 atom stereocenters. The lowest BCUT2D eigenvalue weighted by molar-refractivity contribution is 0.559. The molecule has 0 aliphatic rings. The van der Waals surface area contributed by atoms with Crippen LogP contribution in [0.4, 0.5) is 0 Å². The molecule has 0 saturated heterocycles. The van der Waals surface area contributed by atoms with Gasteiger partial charge in [0, 0.05) is 0 Å². The molecule has 0 unspecified atom stereocenters. The van der Waals surface area contributed by atoms with Crippen molar-refractivity contribution in [1.29, 1.82) is 0 Å². The SMILES string of the molecule is CCCCCCCCCCCCS(=O)(=O)[CH]c1ccccc1. The molecule has 1 aromatic rings. The summed E-state index contributed by atoms with van der Waals surface area (Å²) in [5.74, 6) is 1.68. The van der Waals surface area contributed by atoms with E-state index in [0.29, 0.717) is 0 Å². The van der Waals surface area contributed by atoms with Crippen LogP contribution in [0.25, 0.3) is 0 Å². The van der Waals surface area contributed by atoms with E-state index in [9.17, 15) is 8.42 Å². The zero-order valence-electron chi connectivity index (χ0n) is 14.0. The lowest BCUT2D eigenvalue weighted by Gasteiger charge is -2.04. The van der Waals surface area contributed by atoms with Gasteiger partial charge in [0.2, 0.25) is 0 Å². The van der Waals surface area contributed by atoms with E-state index in [0.717, 1.165) is 24.8 Å². The van der Waals surface area contributed by atoms with E-state index >= 15 is 0 Å². The van der Waals surface area contributed by atoms with Crippen molar-refractivity contribution in [3.63, 3.8) is 0 Å². The summed E-state index contributed by atoms with van der Waals surface area (Å²) in [5, 5.41) is 0. The highest BCUT2D eigenvalue weighted by Crippen LogP contribution is 2.13. The van der Waals surface area contributed by atoms with Crippen LogP contribution < -0.4 is 0 Å². The topological polar surface area (TPSA) is 34.1 Å². The Kier molecular flexibility index (Phi) is 10.2. The summed E-state index contributed by atoms with van der Waals surface area (Å²) in [7, 11) is -3.07. The minimum Gasteiger partial charge on any atom is -0.228 e. The lowest BCUT2D eigenvalue weighted by atomic mass is 10.1. The van der Waals surface area contributed by atoms with Crippen LogP contribution in [0, 0.1) is 5.75 Å². The van der Waals surface area contributed by atoms with E-state index in [-0.39, 0.29) is 5.75 Å². The molecule has 0 bridgehead atoms. The van der Waals surface area contributed by atoms with Gasteiger partial charge in [0.15, 0.2) is 9.84 Å². The average molecular weight is 324 g/mol. The van der Waals surface area contributed by atoms with Gasteiger partial charge in [-0.25, -0.2) is 8.42 Å². The molecule has 0 spiro atoms. The van der Waals surface area contributed by atoms with E-state index in [1.807, 2.05) is 30.3 Å². The van der Waals surface area contributed by atoms with Crippen LogP contribution in [-0.2, 0) is 9.84 Å². The summed E-state index contributed by atoms with van der Waals surface area (Å²) in [6.45, 7) is 2.24. The minimum atomic E-state index is -3.07. The van der Waals surface area contributed by atoms with E-state index in [1.165, 1.54) is 50.7 Å². The summed E-state index contributed by atoms with van der Waals surface area (Å²) in [6, 6.07) is 9.28. The Hall–Kier alpha value is -0.830. The molecule has 2 nitrogen and oxygen atoms in total. The van der Waals surface area contributed by atoms with Crippen molar-refractivity contribution in [3.05, 3.63) is 41.6 Å². The minimum absolute atomic E-state index is 0.276. The fraction of sp³-hybridized carbons (Fsp3) is 0.632. The average Bonchev–Trinajstić information content (AvgIpc) is 2.49. The van der Waals surface area contributed by atoms with Gasteiger partial charge >= 0.3 is 0 Å². The van der Waals surface area contributed by atoms with Gasteiger partial charge in [0.05, 0.1) is 5.75 Å². The first-order valence-electron chi connectivity index (χ1n) is 8.76. The van der Waals surface area contributed by atoms with Gasteiger partial charge in [-0.05, 0) is 12.0 Å². The third-order valence-electron chi connectivity index (χ3n) is 3.90.